The number of nitrogens with one attached hydrogen (secondary N) is 2. The molecule has 0 saturated carbocycles. The predicted molar refractivity (Wildman–Crippen MR) is 126 cm³/mol. The molecule has 2 rings (SSSR count). The number of amides is 1. The molecule has 0 saturated heterocycles. The molecular formula is C25H30N2O5. The molecule has 0 radical (unpaired) electrons. The Hall–Kier alpha value is -3.61. The van der Waals surface area contributed by atoms with E-state index in [-0.39, 0.29) is 0 Å². The number of carbonyl (C=O) groups is 3. The molecule has 0 fully saturated rings. The van der Waals surface area contributed by atoms with E-state index in [1.165, 1.54) is 0 Å². The summed E-state index contributed by atoms with van der Waals surface area (Å²) >= 11 is 0. The summed E-state index contributed by atoms with van der Waals surface area (Å²) in [5.41, 5.74) is 6.36. The number of carboxylic acid groups (broad SMARTS) is 2. The van der Waals surface area contributed by atoms with Crippen LogP contribution in [-0.4, -0.2) is 40.1 Å². The predicted octanol–water partition coefficient (Wildman–Crippen LogP) is 4.24. The molecule has 4 N–H and O–H groups in total. The Morgan fingerprint density at radius 3 is 2.16 bits per heavy atom. The highest BCUT2D eigenvalue weighted by Gasteiger charge is 2.23. The third kappa shape index (κ3) is 6.70. The van der Waals surface area contributed by atoms with Gasteiger partial charge in [-0.15, -0.1) is 0 Å². The Labute approximate surface area is 188 Å². The molecule has 2 aromatic rings. The summed E-state index contributed by atoms with van der Waals surface area (Å²) in [6.07, 6.45) is 0.990. The van der Waals surface area contributed by atoms with Crippen LogP contribution in [0, 0.1) is 13.8 Å². The topological polar surface area (TPSA) is 116 Å². The first-order chi connectivity index (χ1) is 15.0. The summed E-state index contributed by atoms with van der Waals surface area (Å²) < 4.78 is 0. The van der Waals surface area contributed by atoms with Crippen LogP contribution in [0.3, 0.4) is 0 Å². The van der Waals surface area contributed by atoms with Gasteiger partial charge in [-0.05, 0) is 80.6 Å². The van der Waals surface area contributed by atoms with Crippen LogP contribution in [0.25, 0.3) is 17.2 Å². The zero-order valence-corrected chi connectivity index (χ0v) is 19.0. The zero-order chi connectivity index (χ0) is 24.0. The molecule has 1 amide bonds. The van der Waals surface area contributed by atoms with Gasteiger partial charge < -0.3 is 20.8 Å². The average Bonchev–Trinajstić information content (AvgIpc) is 2.69. The first-order valence-electron chi connectivity index (χ1n) is 10.4. The maximum atomic E-state index is 12.4. The summed E-state index contributed by atoms with van der Waals surface area (Å²) in [5.74, 6) is -3.30. The van der Waals surface area contributed by atoms with E-state index in [1.54, 1.807) is 13.0 Å². The van der Waals surface area contributed by atoms with E-state index in [2.05, 4.69) is 42.7 Å². The molecule has 0 aromatic heterocycles. The van der Waals surface area contributed by atoms with E-state index < -0.39 is 30.3 Å². The number of carboxylic acids is 2. The minimum atomic E-state index is -1.48. The maximum Gasteiger partial charge on any atom is 0.326 e. The fraction of sp³-hybridized carbons (Fsp3) is 0.320. The average molecular weight is 439 g/mol. The van der Waals surface area contributed by atoms with E-state index in [0.717, 1.165) is 33.5 Å². The molecule has 0 aliphatic heterocycles. The van der Waals surface area contributed by atoms with Gasteiger partial charge in [0.2, 0.25) is 5.91 Å². The van der Waals surface area contributed by atoms with Gasteiger partial charge in [0.15, 0.2) is 0 Å². The number of hydrogen-bond acceptors (Lipinski definition) is 4. The van der Waals surface area contributed by atoms with Gasteiger partial charge in [-0.25, -0.2) is 4.79 Å². The van der Waals surface area contributed by atoms with E-state index in [0.29, 0.717) is 11.6 Å². The van der Waals surface area contributed by atoms with Crippen LogP contribution in [0.1, 0.15) is 43.9 Å². The zero-order valence-electron chi connectivity index (χ0n) is 19.0. The molecule has 0 aliphatic rings. The van der Waals surface area contributed by atoms with Crippen molar-refractivity contribution in [3.63, 3.8) is 0 Å². The highest BCUT2D eigenvalue weighted by Crippen LogP contribution is 2.29. The molecule has 0 unspecified atom stereocenters. The van der Waals surface area contributed by atoms with Crippen molar-refractivity contribution >= 4 is 29.6 Å². The molecule has 0 spiro atoms. The van der Waals surface area contributed by atoms with Gasteiger partial charge >= 0.3 is 11.9 Å². The lowest BCUT2D eigenvalue weighted by atomic mass is 9.94. The Balaban J connectivity index is 2.25. The summed E-state index contributed by atoms with van der Waals surface area (Å²) in [6, 6.07) is 11.1. The second kappa shape index (κ2) is 10.6. The van der Waals surface area contributed by atoms with Crippen molar-refractivity contribution in [3.05, 3.63) is 58.7 Å². The molecule has 7 nitrogen and oxygen atoms in total. The van der Waals surface area contributed by atoms with Crippen molar-refractivity contribution in [2.45, 2.75) is 53.1 Å². The number of carbonyl (C=O) groups excluding carboxylic acids is 1. The van der Waals surface area contributed by atoms with Crippen LogP contribution >= 0.6 is 0 Å². The summed E-state index contributed by atoms with van der Waals surface area (Å²) in [4.78, 5) is 34.4. The van der Waals surface area contributed by atoms with E-state index >= 15 is 0 Å². The van der Waals surface area contributed by atoms with Crippen LogP contribution in [0.4, 0.5) is 5.69 Å². The van der Waals surface area contributed by atoms with Crippen molar-refractivity contribution in [3.8, 4) is 11.1 Å². The lowest BCUT2D eigenvalue weighted by Gasteiger charge is -2.14. The van der Waals surface area contributed by atoms with Gasteiger partial charge in [0, 0.05) is 17.3 Å². The largest absolute Gasteiger partial charge is 0.481 e. The van der Waals surface area contributed by atoms with Crippen molar-refractivity contribution in [2.24, 2.45) is 0 Å². The second-order valence-corrected chi connectivity index (χ2v) is 8.19. The molecule has 0 heterocycles. The third-order valence-electron chi connectivity index (χ3n) is 4.98. The van der Waals surface area contributed by atoms with Gasteiger partial charge in [0.25, 0.3) is 0 Å². The molecule has 1 atom stereocenters. The number of aryl methyl sites for hydroxylation is 2. The summed E-state index contributed by atoms with van der Waals surface area (Å²) in [6.45, 7) is 9.68. The Bertz CT molecular complexity index is 1040. The number of benzene rings is 2. The number of rotatable bonds is 9. The van der Waals surface area contributed by atoms with Crippen molar-refractivity contribution in [2.75, 3.05) is 5.32 Å². The molecule has 7 heteroatoms. The number of hydrogen-bond donors (Lipinski definition) is 4. The summed E-state index contributed by atoms with van der Waals surface area (Å²) in [7, 11) is 0. The highest BCUT2D eigenvalue weighted by atomic mass is 16.4. The fourth-order valence-corrected chi connectivity index (χ4v) is 3.33. The van der Waals surface area contributed by atoms with Crippen molar-refractivity contribution in [1.82, 2.24) is 5.32 Å². The molecule has 0 aliphatic carbocycles. The molecule has 0 bridgehead atoms. The van der Waals surface area contributed by atoms with Crippen LogP contribution in [0.5, 0.6) is 0 Å². The highest BCUT2D eigenvalue weighted by molar-refractivity contribution is 6.00. The standard InChI is InChI=1S/C25H30N2O5/c1-14(2)26-20-8-6-18(7-9-20)21-12-15(3)19(10-16(21)4)11-17(5)24(30)27-22(25(31)32)13-23(28)29/h6-12,14,22,26H,13H2,1-5H3,(H,27,30)(H,28,29)(H,31,32)/t22-/m1/s1. The van der Waals surface area contributed by atoms with E-state index in [4.69, 9.17) is 10.2 Å². The summed E-state index contributed by atoms with van der Waals surface area (Å²) in [5, 5.41) is 23.6. The minimum absolute atomic E-state index is 0.293. The Kier molecular flexibility index (Phi) is 8.18. The second-order valence-electron chi connectivity index (χ2n) is 8.19. The normalized spacial score (nSPS) is 12.4. The smallest absolute Gasteiger partial charge is 0.326 e. The van der Waals surface area contributed by atoms with Gasteiger partial charge in [0.05, 0.1) is 6.42 Å². The molecule has 170 valence electrons. The third-order valence-corrected chi connectivity index (χ3v) is 4.98. The van der Waals surface area contributed by atoms with Gasteiger partial charge in [-0.2, -0.15) is 0 Å². The van der Waals surface area contributed by atoms with Crippen LogP contribution in [0.15, 0.2) is 42.0 Å². The first kappa shape index (κ1) is 24.7. The van der Waals surface area contributed by atoms with Crippen molar-refractivity contribution in [1.29, 1.82) is 0 Å². The quantitative estimate of drug-likeness (QED) is 0.435. The lowest BCUT2D eigenvalue weighted by molar-refractivity contribution is -0.146. The number of aliphatic carboxylic acids is 2. The van der Waals surface area contributed by atoms with Gasteiger partial charge in [0.1, 0.15) is 6.04 Å². The number of anilines is 1. The molecular weight excluding hydrogens is 408 g/mol. The monoisotopic (exact) mass is 438 g/mol. The first-order valence-corrected chi connectivity index (χ1v) is 10.4. The minimum Gasteiger partial charge on any atom is -0.481 e. The molecule has 2 aromatic carbocycles. The Morgan fingerprint density at radius 1 is 1.00 bits per heavy atom. The van der Waals surface area contributed by atoms with Crippen LogP contribution in [-0.2, 0) is 14.4 Å². The maximum absolute atomic E-state index is 12.4. The van der Waals surface area contributed by atoms with Gasteiger partial charge in [-0.3, -0.25) is 9.59 Å². The van der Waals surface area contributed by atoms with Crippen molar-refractivity contribution < 1.29 is 24.6 Å². The molecule has 32 heavy (non-hydrogen) atoms. The SMILES string of the molecule is CC(=Cc1cc(C)c(-c2ccc(NC(C)C)cc2)cc1C)C(=O)N[C@H](CC(=O)O)C(=O)O. The lowest BCUT2D eigenvalue weighted by Crippen LogP contribution is -2.42. The van der Waals surface area contributed by atoms with E-state index in [1.807, 2.05) is 32.0 Å². The van der Waals surface area contributed by atoms with Gasteiger partial charge in [-0.1, -0.05) is 24.3 Å². The fourth-order valence-electron chi connectivity index (χ4n) is 3.33. The van der Waals surface area contributed by atoms with Crippen LogP contribution in [0.2, 0.25) is 0 Å². The Morgan fingerprint density at radius 2 is 1.62 bits per heavy atom. The van der Waals surface area contributed by atoms with Crippen LogP contribution < -0.4 is 10.6 Å². The van der Waals surface area contributed by atoms with E-state index in [9.17, 15) is 14.4 Å².